The monoisotopic (exact) mass is 291 g/mol. The highest BCUT2D eigenvalue weighted by molar-refractivity contribution is 5.92. The number of hydrogen-bond donors (Lipinski definition) is 0. The van der Waals surface area contributed by atoms with Crippen LogP contribution in [0.25, 0.3) is 0 Å². The first kappa shape index (κ1) is 15.4. The van der Waals surface area contributed by atoms with Gasteiger partial charge in [-0.3, -0.25) is 14.6 Å². The van der Waals surface area contributed by atoms with Crippen molar-refractivity contribution in [3.8, 4) is 0 Å². The smallest absolute Gasteiger partial charge is 0.307 e. The van der Waals surface area contributed by atoms with Gasteiger partial charge in [-0.1, -0.05) is 0 Å². The third-order valence-electron chi connectivity index (χ3n) is 3.60. The minimum absolute atomic E-state index is 0.103. The van der Waals surface area contributed by atoms with E-state index in [0.29, 0.717) is 18.8 Å². The highest BCUT2D eigenvalue weighted by atomic mass is 16.5. The van der Waals surface area contributed by atoms with Crippen LogP contribution in [0.2, 0.25) is 0 Å². The minimum atomic E-state index is -0.253. The van der Waals surface area contributed by atoms with Gasteiger partial charge in [0.05, 0.1) is 24.9 Å². The van der Waals surface area contributed by atoms with Crippen LogP contribution in [-0.2, 0) is 9.53 Å². The van der Waals surface area contributed by atoms with Crippen LogP contribution in [0.4, 0.5) is 0 Å². The molecule has 0 radical (unpaired) electrons. The molecule has 1 aliphatic rings. The third kappa shape index (κ3) is 4.00. The first-order valence-corrected chi connectivity index (χ1v) is 7.37. The summed E-state index contributed by atoms with van der Waals surface area (Å²) in [5, 5.41) is 0. The van der Waals surface area contributed by atoms with Gasteiger partial charge in [0.2, 0.25) is 0 Å². The number of piperidine rings is 1. The number of amides is 1. The molecule has 0 spiro atoms. The lowest BCUT2D eigenvalue weighted by Gasteiger charge is -2.35. The van der Waals surface area contributed by atoms with E-state index in [-0.39, 0.29) is 24.3 Å². The molecule has 1 saturated heterocycles. The van der Waals surface area contributed by atoms with E-state index in [9.17, 15) is 9.59 Å². The molecule has 6 nitrogen and oxygen atoms in total. The maximum absolute atomic E-state index is 12.5. The fourth-order valence-electron chi connectivity index (χ4n) is 2.54. The molecule has 1 aliphatic heterocycles. The van der Waals surface area contributed by atoms with Crippen LogP contribution in [0.3, 0.4) is 0 Å². The number of hydrogen-bond acceptors (Lipinski definition) is 5. The lowest BCUT2D eigenvalue weighted by molar-refractivity contribution is -0.144. The third-order valence-corrected chi connectivity index (χ3v) is 3.60. The molecule has 0 aliphatic carbocycles. The minimum Gasteiger partial charge on any atom is -0.466 e. The molecule has 2 heterocycles. The number of rotatable bonds is 4. The molecule has 1 aromatic rings. The van der Waals surface area contributed by atoms with Crippen LogP contribution >= 0.6 is 0 Å². The number of carbonyl (C=O) groups is 2. The van der Waals surface area contributed by atoms with Gasteiger partial charge in [0.15, 0.2) is 0 Å². The molecule has 21 heavy (non-hydrogen) atoms. The van der Waals surface area contributed by atoms with Gasteiger partial charge < -0.3 is 9.64 Å². The summed E-state index contributed by atoms with van der Waals surface area (Å²) < 4.78 is 4.99. The average Bonchev–Trinajstić information content (AvgIpc) is 2.48. The topological polar surface area (TPSA) is 72.4 Å². The average molecular weight is 291 g/mol. The molecule has 0 saturated carbocycles. The van der Waals surface area contributed by atoms with Crippen molar-refractivity contribution in [2.75, 3.05) is 13.2 Å². The molecule has 1 amide bonds. The van der Waals surface area contributed by atoms with E-state index in [2.05, 4.69) is 9.97 Å². The van der Waals surface area contributed by atoms with E-state index in [1.54, 1.807) is 18.0 Å². The van der Waals surface area contributed by atoms with Crippen LogP contribution < -0.4 is 0 Å². The molecular weight excluding hydrogens is 270 g/mol. The van der Waals surface area contributed by atoms with Crippen LogP contribution in [0.5, 0.6) is 0 Å². The van der Waals surface area contributed by atoms with E-state index in [1.165, 1.54) is 6.20 Å². The van der Waals surface area contributed by atoms with E-state index in [0.717, 1.165) is 25.0 Å². The van der Waals surface area contributed by atoms with Crippen molar-refractivity contribution in [1.29, 1.82) is 0 Å². The maximum Gasteiger partial charge on any atom is 0.307 e. The second-order valence-electron chi connectivity index (χ2n) is 5.20. The first-order chi connectivity index (χ1) is 10.1. The lowest BCUT2D eigenvalue weighted by Crippen LogP contribution is -2.45. The van der Waals surface area contributed by atoms with E-state index in [4.69, 9.17) is 4.74 Å². The van der Waals surface area contributed by atoms with E-state index in [1.807, 2.05) is 6.92 Å². The Kier molecular flexibility index (Phi) is 5.25. The summed E-state index contributed by atoms with van der Waals surface area (Å²) in [5.74, 6) is -0.409. The Labute approximate surface area is 124 Å². The number of esters is 1. The molecule has 1 aromatic heterocycles. The van der Waals surface area contributed by atoms with Crippen molar-refractivity contribution >= 4 is 11.9 Å². The summed E-state index contributed by atoms with van der Waals surface area (Å²) in [7, 11) is 0. The summed E-state index contributed by atoms with van der Waals surface area (Å²) in [5.41, 5.74) is 1.10. The second-order valence-corrected chi connectivity index (χ2v) is 5.20. The molecule has 2 rings (SSSR count). The van der Waals surface area contributed by atoms with Gasteiger partial charge in [0, 0.05) is 18.8 Å². The van der Waals surface area contributed by atoms with Crippen LogP contribution in [0.1, 0.15) is 48.8 Å². The summed E-state index contributed by atoms with van der Waals surface area (Å²) in [6.07, 6.45) is 6.12. The van der Waals surface area contributed by atoms with Gasteiger partial charge in [-0.15, -0.1) is 0 Å². The number of carbonyl (C=O) groups excluding carboxylic acids is 2. The predicted octanol–water partition coefficient (Wildman–Crippen LogP) is 1.73. The molecule has 114 valence electrons. The molecule has 0 unspecified atom stereocenters. The first-order valence-electron chi connectivity index (χ1n) is 7.37. The van der Waals surface area contributed by atoms with Gasteiger partial charge in [0.1, 0.15) is 5.69 Å². The second kappa shape index (κ2) is 7.15. The molecule has 1 atom stereocenters. The largest absolute Gasteiger partial charge is 0.466 e. The van der Waals surface area contributed by atoms with Crippen LogP contribution in [0.15, 0.2) is 12.4 Å². The Morgan fingerprint density at radius 3 is 2.81 bits per heavy atom. The van der Waals surface area contributed by atoms with Gasteiger partial charge >= 0.3 is 5.97 Å². The Bertz CT molecular complexity index is 501. The fraction of sp³-hybridized carbons (Fsp3) is 0.600. The number of nitrogens with zero attached hydrogens (tertiary/aromatic N) is 3. The van der Waals surface area contributed by atoms with Crippen molar-refractivity contribution in [3.63, 3.8) is 0 Å². The number of likely N-dealkylation sites (tertiary alicyclic amines) is 1. The van der Waals surface area contributed by atoms with Gasteiger partial charge in [-0.25, -0.2) is 4.98 Å². The summed E-state index contributed by atoms with van der Waals surface area (Å²) in [4.78, 5) is 34.2. The van der Waals surface area contributed by atoms with Crippen molar-refractivity contribution in [1.82, 2.24) is 14.9 Å². The molecule has 1 fully saturated rings. The molecule has 6 heteroatoms. The fourth-order valence-corrected chi connectivity index (χ4v) is 2.54. The van der Waals surface area contributed by atoms with E-state index < -0.39 is 0 Å². The summed E-state index contributed by atoms with van der Waals surface area (Å²) in [6.45, 7) is 4.62. The molecule has 0 bridgehead atoms. The SMILES string of the molecule is CCOC(=O)C[C@H]1CCCCN1C(=O)c1cnc(C)cn1. The normalized spacial score (nSPS) is 18.4. The maximum atomic E-state index is 12.5. The van der Waals surface area contributed by atoms with E-state index >= 15 is 0 Å². The van der Waals surface area contributed by atoms with Crippen molar-refractivity contribution in [2.24, 2.45) is 0 Å². The standard InChI is InChI=1S/C15H21N3O3/c1-3-21-14(19)8-12-6-4-5-7-18(12)15(20)13-10-16-11(2)9-17-13/h9-10,12H,3-8H2,1-2H3/t12-/m1/s1. The molecule has 0 N–H and O–H groups in total. The lowest BCUT2D eigenvalue weighted by atomic mass is 9.99. The van der Waals surface area contributed by atoms with Gasteiger partial charge in [-0.05, 0) is 33.1 Å². The van der Waals surface area contributed by atoms with Crippen molar-refractivity contribution < 1.29 is 14.3 Å². The quantitative estimate of drug-likeness (QED) is 0.790. The van der Waals surface area contributed by atoms with Crippen LogP contribution in [0, 0.1) is 6.92 Å². The highest BCUT2D eigenvalue weighted by Gasteiger charge is 2.30. The van der Waals surface area contributed by atoms with Crippen molar-refractivity contribution in [3.05, 3.63) is 23.8 Å². The summed E-state index contributed by atoms with van der Waals surface area (Å²) >= 11 is 0. The Morgan fingerprint density at radius 2 is 2.14 bits per heavy atom. The number of aryl methyl sites for hydroxylation is 1. The Hall–Kier alpha value is -1.98. The Morgan fingerprint density at radius 1 is 1.33 bits per heavy atom. The zero-order valence-corrected chi connectivity index (χ0v) is 12.5. The number of ether oxygens (including phenoxy) is 1. The van der Waals surface area contributed by atoms with Gasteiger partial charge in [0.25, 0.3) is 5.91 Å². The van der Waals surface area contributed by atoms with Crippen molar-refractivity contribution in [2.45, 2.75) is 45.6 Å². The zero-order valence-electron chi connectivity index (χ0n) is 12.5. The number of aromatic nitrogens is 2. The van der Waals surface area contributed by atoms with Gasteiger partial charge in [-0.2, -0.15) is 0 Å². The zero-order chi connectivity index (χ0) is 15.2. The molecule has 0 aromatic carbocycles. The van der Waals surface area contributed by atoms with Crippen LogP contribution in [-0.4, -0.2) is 45.9 Å². The highest BCUT2D eigenvalue weighted by Crippen LogP contribution is 2.21. The predicted molar refractivity (Wildman–Crippen MR) is 76.7 cm³/mol. The summed E-state index contributed by atoms with van der Waals surface area (Å²) in [6, 6.07) is -0.103. The molecular formula is C15H21N3O3. The Balaban J connectivity index is 2.08.